The van der Waals surface area contributed by atoms with E-state index in [0.29, 0.717) is 6.42 Å². The second kappa shape index (κ2) is 7.82. The largest absolute Gasteiger partial charge is 0.480 e. The van der Waals surface area contributed by atoms with Gasteiger partial charge in [0.05, 0.1) is 12.8 Å². The van der Waals surface area contributed by atoms with Crippen LogP contribution in [0.15, 0.2) is 22.8 Å². The van der Waals surface area contributed by atoms with Crippen LogP contribution >= 0.6 is 0 Å². The average molecular weight is 283 g/mol. The van der Waals surface area contributed by atoms with E-state index in [0.717, 1.165) is 5.76 Å². The number of nitrogens with one attached hydrogen (secondary N) is 3. The quantitative estimate of drug-likeness (QED) is 0.548. The van der Waals surface area contributed by atoms with Crippen molar-refractivity contribution in [2.24, 2.45) is 0 Å². The zero-order valence-electron chi connectivity index (χ0n) is 11.0. The van der Waals surface area contributed by atoms with Crippen molar-refractivity contribution in [1.29, 1.82) is 0 Å². The minimum atomic E-state index is -1.14. The maximum atomic E-state index is 11.5. The Morgan fingerprint density at radius 2 is 2.05 bits per heavy atom. The summed E-state index contributed by atoms with van der Waals surface area (Å²) in [5.41, 5.74) is 0. The molecule has 3 amide bonds. The fraction of sp³-hybridized carbons (Fsp3) is 0.417. The van der Waals surface area contributed by atoms with Crippen LogP contribution in [0.25, 0.3) is 0 Å². The van der Waals surface area contributed by atoms with Crippen molar-refractivity contribution in [3.05, 3.63) is 24.2 Å². The molecule has 110 valence electrons. The van der Waals surface area contributed by atoms with Crippen LogP contribution in [0.4, 0.5) is 4.79 Å². The van der Waals surface area contributed by atoms with Gasteiger partial charge in [-0.3, -0.25) is 9.59 Å². The first-order valence-electron chi connectivity index (χ1n) is 6.02. The lowest BCUT2D eigenvalue weighted by Gasteiger charge is -2.13. The SMILES string of the molecule is CC(Cc1ccco1)NC(=O)NCC(=O)NCC(=O)O. The van der Waals surface area contributed by atoms with Gasteiger partial charge in [-0.15, -0.1) is 0 Å². The molecule has 0 bridgehead atoms. The number of carboxylic acids is 1. The molecule has 1 aromatic heterocycles. The van der Waals surface area contributed by atoms with Crippen molar-refractivity contribution in [3.63, 3.8) is 0 Å². The summed E-state index contributed by atoms with van der Waals surface area (Å²) in [4.78, 5) is 32.9. The molecule has 1 unspecified atom stereocenters. The van der Waals surface area contributed by atoms with Crippen LogP contribution in [-0.2, 0) is 16.0 Å². The predicted octanol–water partition coefficient (Wildman–Crippen LogP) is -0.289. The molecular weight excluding hydrogens is 266 g/mol. The van der Waals surface area contributed by atoms with Gasteiger partial charge in [0.1, 0.15) is 12.3 Å². The molecule has 0 aliphatic rings. The Hall–Kier alpha value is -2.51. The van der Waals surface area contributed by atoms with Gasteiger partial charge in [0, 0.05) is 12.5 Å². The zero-order valence-corrected chi connectivity index (χ0v) is 11.0. The molecule has 20 heavy (non-hydrogen) atoms. The van der Waals surface area contributed by atoms with Crippen molar-refractivity contribution >= 4 is 17.9 Å². The number of furan rings is 1. The number of aliphatic carboxylic acids is 1. The van der Waals surface area contributed by atoms with Gasteiger partial charge in [-0.2, -0.15) is 0 Å². The number of carbonyl (C=O) groups excluding carboxylic acids is 2. The van der Waals surface area contributed by atoms with E-state index in [1.54, 1.807) is 25.3 Å². The molecule has 0 spiro atoms. The summed E-state index contributed by atoms with van der Waals surface area (Å²) in [6.45, 7) is 1.04. The number of hydrogen-bond donors (Lipinski definition) is 4. The van der Waals surface area contributed by atoms with E-state index in [1.165, 1.54) is 0 Å². The standard InChI is InChI=1S/C12H17N3O5/c1-8(5-9-3-2-4-20-9)15-12(19)14-6-10(16)13-7-11(17)18/h2-4,8H,5-7H2,1H3,(H,13,16)(H,17,18)(H2,14,15,19). The first-order chi connectivity index (χ1) is 9.47. The molecule has 0 aromatic carbocycles. The summed E-state index contributed by atoms with van der Waals surface area (Å²) in [6, 6.07) is 2.89. The van der Waals surface area contributed by atoms with E-state index in [1.807, 2.05) is 0 Å². The smallest absolute Gasteiger partial charge is 0.322 e. The summed E-state index contributed by atoms with van der Waals surface area (Å²) in [5.74, 6) is -0.965. The Bertz CT molecular complexity index is 458. The zero-order chi connectivity index (χ0) is 15.0. The summed E-state index contributed by atoms with van der Waals surface area (Å²) in [7, 11) is 0. The van der Waals surface area contributed by atoms with Crippen molar-refractivity contribution in [3.8, 4) is 0 Å². The molecule has 0 fully saturated rings. The Balaban J connectivity index is 2.19. The van der Waals surface area contributed by atoms with Gasteiger partial charge in [0.15, 0.2) is 0 Å². The molecule has 8 heteroatoms. The maximum Gasteiger partial charge on any atom is 0.322 e. The molecule has 1 aromatic rings. The number of carbonyl (C=O) groups is 3. The highest BCUT2D eigenvalue weighted by atomic mass is 16.4. The first-order valence-corrected chi connectivity index (χ1v) is 6.02. The number of rotatable bonds is 7. The fourth-order valence-electron chi connectivity index (χ4n) is 1.45. The Morgan fingerprint density at radius 3 is 2.65 bits per heavy atom. The van der Waals surface area contributed by atoms with Gasteiger partial charge in [-0.05, 0) is 19.1 Å². The summed E-state index contributed by atoms with van der Waals surface area (Å²) in [5, 5.41) is 15.5. The fourth-order valence-corrected chi connectivity index (χ4v) is 1.45. The van der Waals surface area contributed by atoms with E-state index in [2.05, 4.69) is 16.0 Å². The molecule has 1 atom stereocenters. The molecule has 0 aliphatic carbocycles. The third-order valence-corrected chi connectivity index (χ3v) is 2.31. The Labute approximate surface area is 115 Å². The number of urea groups is 1. The molecular formula is C12H17N3O5. The van der Waals surface area contributed by atoms with E-state index >= 15 is 0 Å². The van der Waals surface area contributed by atoms with Crippen LogP contribution in [0.2, 0.25) is 0 Å². The van der Waals surface area contributed by atoms with Crippen LogP contribution in [0.3, 0.4) is 0 Å². The van der Waals surface area contributed by atoms with Crippen molar-refractivity contribution in [2.75, 3.05) is 13.1 Å². The van der Waals surface area contributed by atoms with Gasteiger partial charge in [0.25, 0.3) is 0 Å². The Morgan fingerprint density at radius 1 is 1.30 bits per heavy atom. The third-order valence-electron chi connectivity index (χ3n) is 2.31. The molecule has 4 N–H and O–H groups in total. The van der Waals surface area contributed by atoms with Crippen molar-refractivity contribution < 1.29 is 23.9 Å². The van der Waals surface area contributed by atoms with Crippen LogP contribution in [0.1, 0.15) is 12.7 Å². The van der Waals surface area contributed by atoms with Crippen LogP contribution in [0.5, 0.6) is 0 Å². The van der Waals surface area contributed by atoms with Crippen LogP contribution in [0, 0.1) is 0 Å². The monoisotopic (exact) mass is 283 g/mol. The number of hydrogen-bond acceptors (Lipinski definition) is 4. The summed E-state index contributed by atoms with van der Waals surface area (Å²) < 4.78 is 5.15. The van der Waals surface area contributed by atoms with Gasteiger partial charge < -0.3 is 25.5 Å². The Kier molecular flexibility index (Phi) is 6.08. The summed E-state index contributed by atoms with van der Waals surface area (Å²) in [6.07, 6.45) is 2.08. The van der Waals surface area contributed by atoms with E-state index in [4.69, 9.17) is 9.52 Å². The van der Waals surface area contributed by atoms with Gasteiger partial charge in [0.2, 0.25) is 5.91 Å². The normalized spacial score (nSPS) is 11.4. The minimum absolute atomic E-state index is 0.164. The lowest BCUT2D eigenvalue weighted by molar-refractivity contribution is -0.137. The van der Waals surface area contributed by atoms with Crippen LogP contribution in [-0.4, -0.2) is 42.1 Å². The number of amides is 3. The van der Waals surface area contributed by atoms with Crippen LogP contribution < -0.4 is 16.0 Å². The molecule has 1 heterocycles. The molecule has 8 nitrogen and oxygen atoms in total. The highest BCUT2D eigenvalue weighted by molar-refractivity contribution is 5.86. The molecule has 0 saturated carbocycles. The van der Waals surface area contributed by atoms with E-state index < -0.39 is 24.5 Å². The van der Waals surface area contributed by atoms with Gasteiger partial charge in [-0.1, -0.05) is 0 Å². The highest BCUT2D eigenvalue weighted by Gasteiger charge is 2.10. The number of carboxylic acid groups (broad SMARTS) is 1. The van der Waals surface area contributed by atoms with E-state index in [9.17, 15) is 14.4 Å². The second-order valence-corrected chi connectivity index (χ2v) is 4.18. The maximum absolute atomic E-state index is 11.5. The lowest BCUT2D eigenvalue weighted by atomic mass is 10.2. The average Bonchev–Trinajstić information content (AvgIpc) is 2.86. The minimum Gasteiger partial charge on any atom is -0.480 e. The second-order valence-electron chi connectivity index (χ2n) is 4.18. The first kappa shape index (κ1) is 15.5. The van der Waals surface area contributed by atoms with Gasteiger partial charge >= 0.3 is 12.0 Å². The van der Waals surface area contributed by atoms with Gasteiger partial charge in [-0.25, -0.2) is 4.79 Å². The topological polar surface area (TPSA) is 121 Å². The van der Waals surface area contributed by atoms with E-state index in [-0.39, 0.29) is 12.6 Å². The molecule has 0 radical (unpaired) electrons. The van der Waals surface area contributed by atoms with Crippen molar-refractivity contribution in [2.45, 2.75) is 19.4 Å². The lowest BCUT2D eigenvalue weighted by Crippen LogP contribution is -2.46. The third kappa shape index (κ3) is 6.43. The summed E-state index contributed by atoms with van der Waals surface area (Å²) >= 11 is 0. The molecule has 1 rings (SSSR count). The highest BCUT2D eigenvalue weighted by Crippen LogP contribution is 2.03. The molecule has 0 aliphatic heterocycles. The molecule has 0 saturated heterocycles. The predicted molar refractivity (Wildman–Crippen MR) is 69.1 cm³/mol. The van der Waals surface area contributed by atoms with Crippen molar-refractivity contribution in [1.82, 2.24) is 16.0 Å².